The molecule has 0 heterocycles. The lowest BCUT2D eigenvalue weighted by atomic mass is 10.2. The van der Waals surface area contributed by atoms with Gasteiger partial charge in [-0.3, -0.25) is 0 Å². The van der Waals surface area contributed by atoms with Gasteiger partial charge < -0.3 is 0 Å². The predicted molar refractivity (Wildman–Crippen MR) is 47.0 cm³/mol. The fourth-order valence-corrected chi connectivity index (χ4v) is 0.454. The molecule has 6 nitrogen and oxygen atoms in total. The van der Waals surface area contributed by atoms with Crippen molar-refractivity contribution in [3.05, 3.63) is 0 Å². The van der Waals surface area contributed by atoms with Gasteiger partial charge in [-0.15, -0.1) is 0 Å². The predicted octanol–water partition coefficient (Wildman–Crippen LogP) is 2.17. The third-order valence-electron chi connectivity index (χ3n) is 2.06. The first kappa shape index (κ1) is 13.8. The highest BCUT2D eigenvalue weighted by Crippen LogP contribution is 2.22. The Morgan fingerprint density at radius 2 is 1.14 bits per heavy atom. The van der Waals surface area contributed by atoms with Crippen molar-refractivity contribution < 1.29 is 30.1 Å². The van der Waals surface area contributed by atoms with Gasteiger partial charge in [-0.25, -0.2) is 20.3 Å². The number of hydrogen-bond acceptors (Lipinski definition) is 6. The molecule has 0 aliphatic carbocycles. The van der Waals surface area contributed by atoms with Gasteiger partial charge >= 0.3 is 0 Å². The summed E-state index contributed by atoms with van der Waals surface area (Å²) in [6, 6.07) is 0. The molecule has 86 valence electrons. The van der Waals surface area contributed by atoms with Crippen molar-refractivity contribution in [2.24, 2.45) is 0 Å². The first-order valence-electron chi connectivity index (χ1n) is 4.47. The zero-order valence-corrected chi connectivity index (χ0v) is 8.94. The van der Waals surface area contributed by atoms with E-state index in [0.29, 0.717) is 12.8 Å². The lowest BCUT2D eigenvalue weighted by Crippen LogP contribution is -2.38. The van der Waals surface area contributed by atoms with Gasteiger partial charge in [-0.2, -0.15) is 9.78 Å². The van der Waals surface area contributed by atoms with E-state index in [1.807, 2.05) is 0 Å². The van der Waals surface area contributed by atoms with Crippen LogP contribution in [-0.2, 0) is 19.6 Å². The van der Waals surface area contributed by atoms with E-state index in [1.165, 1.54) is 13.8 Å². The zero-order chi connectivity index (χ0) is 11.2. The van der Waals surface area contributed by atoms with E-state index in [4.69, 9.17) is 20.3 Å². The maximum absolute atomic E-state index is 8.52. The van der Waals surface area contributed by atoms with Crippen molar-refractivity contribution in [3.63, 3.8) is 0 Å². The number of rotatable bonds is 7. The van der Waals surface area contributed by atoms with Crippen molar-refractivity contribution in [1.82, 2.24) is 0 Å². The first-order chi connectivity index (χ1) is 6.45. The van der Waals surface area contributed by atoms with Gasteiger partial charge in [-0.05, 0) is 13.8 Å². The van der Waals surface area contributed by atoms with Crippen LogP contribution in [0.2, 0.25) is 0 Å². The highest BCUT2D eigenvalue weighted by atomic mass is 17.3. The standard InChI is InChI=1S/C8H18O6/c1-5-7(3,11-9)13-14-8(4,6-2)12-10/h9-10H,5-6H2,1-4H3/t7-,8-/m0/s1. The summed E-state index contributed by atoms with van der Waals surface area (Å²) in [5, 5.41) is 17.0. The third kappa shape index (κ3) is 3.87. The van der Waals surface area contributed by atoms with Crippen LogP contribution in [0.15, 0.2) is 0 Å². The smallest absolute Gasteiger partial charge is 0.230 e. The largest absolute Gasteiger partial charge is 0.249 e. The molecule has 0 aromatic rings. The molecule has 0 unspecified atom stereocenters. The summed E-state index contributed by atoms with van der Waals surface area (Å²) in [4.78, 5) is 17.8. The molecular formula is C8H18O6. The Morgan fingerprint density at radius 3 is 1.29 bits per heavy atom. The van der Waals surface area contributed by atoms with E-state index in [9.17, 15) is 0 Å². The molecule has 14 heavy (non-hydrogen) atoms. The van der Waals surface area contributed by atoms with E-state index in [-0.39, 0.29) is 0 Å². The normalized spacial score (nSPS) is 20.1. The average Bonchev–Trinajstić information content (AvgIpc) is 2.25. The maximum Gasteiger partial charge on any atom is 0.230 e. The van der Waals surface area contributed by atoms with Gasteiger partial charge in [0.25, 0.3) is 0 Å². The van der Waals surface area contributed by atoms with Crippen LogP contribution in [0.4, 0.5) is 0 Å². The summed E-state index contributed by atoms with van der Waals surface area (Å²) in [5.74, 6) is -2.54. The van der Waals surface area contributed by atoms with E-state index >= 15 is 0 Å². The molecule has 0 aromatic carbocycles. The van der Waals surface area contributed by atoms with Crippen molar-refractivity contribution in [2.45, 2.75) is 52.1 Å². The van der Waals surface area contributed by atoms with Crippen LogP contribution in [0.5, 0.6) is 0 Å². The molecule has 0 aromatic heterocycles. The van der Waals surface area contributed by atoms with Gasteiger partial charge in [0.05, 0.1) is 0 Å². The van der Waals surface area contributed by atoms with Gasteiger partial charge in [0.2, 0.25) is 11.6 Å². The second kappa shape index (κ2) is 5.59. The van der Waals surface area contributed by atoms with Crippen LogP contribution in [0, 0.1) is 0 Å². The van der Waals surface area contributed by atoms with Gasteiger partial charge in [0, 0.05) is 12.8 Å². The SMILES string of the molecule is CC[C@@](C)(OO)OO[C@@](C)(CC)OO. The Balaban J connectivity index is 4.14. The molecule has 0 bridgehead atoms. The minimum atomic E-state index is -1.27. The van der Waals surface area contributed by atoms with Crippen molar-refractivity contribution >= 4 is 0 Å². The van der Waals surface area contributed by atoms with Crippen LogP contribution < -0.4 is 0 Å². The summed E-state index contributed by atoms with van der Waals surface area (Å²) in [6.07, 6.45) is 0.740. The van der Waals surface area contributed by atoms with Gasteiger partial charge in [0.15, 0.2) is 0 Å². The molecule has 6 heteroatoms. The maximum atomic E-state index is 8.52. The Hall–Kier alpha value is -0.240. The lowest BCUT2D eigenvalue weighted by molar-refractivity contribution is -0.566. The molecule has 2 atom stereocenters. The summed E-state index contributed by atoms with van der Waals surface area (Å²) in [7, 11) is 0. The lowest BCUT2D eigenvalue weighted by Gasteiger charge is -2.29. The minimum Gasteiger partial charge on any atom is -0.249 e. The van der Waals surface area contributed by atoms with E-state index in [2.05, 4.69) is 9.78 Å². The Bertz CT molecular complexity index is 134. The highest BCUT2D eigenvalue weighted by molar-refractivity contribution is 4.57. The van der Waals surface area contributed by atoms with Gasteiger partial charge in [-0.1, -0.05) is 13.8 Å². The van der Waals surface area contributed by atoms with Crippen LogP contribution in [-0.4, -0.2) is 22.1 Å². The molecule has 0 radical (unpaired) electrons. The molecule has 0 aliphatic heterocycles. The molecule has 0 amide bonds. The zero-order valence-electron chi connectivity index (χ0n) is 8.94. The first-order valence-corrected chi connectivity index (χ1v) is 4.47. The van der Waals surface area contributed by atoms with E-state index < -0.39 is 11.6 Å². The molecule has 0 rings (SSSR count). The van der Waals surface area contributed by atoms with Crippen molar-refractivity contribution in [1.29, 1.82) is 0 Å². The summed E-state index contributed by atoms with van der Waals surface area (Å²) in [6.45, 7) is 6.45. The fourth-order valence-electron chi connectivity index (χ4n) is 0.454. The molecule has 2 N–H and O–H groups in total. The van der Waals surface area contributed by atoms with Crippen molar-refractivity contribution in [2.75, 3.05) is 0 Å². The summed E-state index contributed by atoms with van der Waals surface area (Å²) in [5.41, 5.74) is 0. The number of hydrogen-bond donors (Lipinski definition) is 2. The quantitative estimate of drug-likeness (QED) is 0.381. The Morgan fingerprint density at radius 1 is 0.857 bits per heavy atom. The van der Waals surface area contributed by atoms with E-state index in [0.717, 1.165) is 0 Å². The van der Waals surface area contributed by atoms with Crippen LogP contribution in [0.3, 0.4) is 0 Å². The second-order valence-electron chi connectivity index (χ2n) is 3.32. The molecule has 0 spiro atoms. The van der Waals surface area contributed by atoms with E-state index in [1.54, 1.807) is 13.8 Å². The summed E-state index contributed by atoms with van der Waals surface area (Å²) >= 11 is 0. The molecular weight excluding hydrogens is 192 g/mol. The topological polar surface area (TPSA) is 77.4 Å². The second-order valence-corrected chi connectivity index (χ2v) is 3.32. The fraction of sp³-hybridized carbons (Fsp3) is 1.00. The van der Waals surface area contributed by atoms with Crippen molar-refractivity contribution in [3.8, 4) is 0 Å². The minimum absolute atomic E-state index is 0.370. The monoisotopic (exact) mass is 210 g/mol. The highest BCUT2D eigenvalue weighted by Gasteiger charge is 2.33. The molecule has 0 aliphatic rings. The third-order valence-corrected chi connectivity index (χ3v) is 2.06. The molecule has 0 saturated carbocycles. The molecule has 0 fully saturated rings. The van der Waals surface area contributed by atoms with Crippen LogP contribution in [0.1, 0.15) is 40.5 Å². The van der Waals surface area contributed by atoms with Crippen LogP contribution in [0.25, 0.3) is 0 Å². The molecule has 0 saturated heterocycles. The Kier molecular flexibility index (Phi) is 5.50. The summed E-state index contributed by atoms with van der Waals surface area (Å²) < 4.78 is 0. The van der Waals surface area contributed by atoms with Gasteiger partial charge in [0.1, 0.15) is 0 Å². The average molecular weight is 210 g/mol. The van der Waals surface area contributed by atoms with Crippen LogP contribution >= 0.6 is 0 Å². The Labute approximate surface area is 83.1 Å².